The van der Waals surface area contributed by atoms with Crippen LogP contribution in [0.3, 0.4) is 0 Å². The van der Waals surface area contributed by atoms with E-state index in [1.54, 1.807) is 0 Å². The van der Waals surface area contributed by atoms with Gasteiger partial charge in [0.05, 0.1) is 25.4 Å². The normalized spacial score (nSPS) is 30.7. The fourth-order valence-corrected chi connectivity index (χ4v) is 8.85. The zero-order valence-corrected chi connectivity index (χ0v) is 31.4. The summed E-state index contributed by atoms with van der Waals surface area (Å²) in [5.41, 5.74) is 0. The SMILES string of the molecule is COC(=O)CCC/C=C\C[C@@H]1[C@@H](/C=C/[C@H](CCc2cc(Br)c(C)s2)OC2CCCCO2)[C@H](OC2CCCCO2)C[C@@H]1OC1CCCCO1. The Balaban J connectivity index is 1.34. The van der Waals surface area contributed by atoms with Crippen LogP contribution in [0, 0.1) is 18.8 Å². The van der Waals surface area contributed by atoms with Crippen molar-refractivity contribution in [3.05, 3.63) is 44.6 Å². The van der Waals surface area contributed by atoms with Crippen molar-refractivity contribution in [1.29, 1.82) is 0 Å². The summed E-state index contributed by atoms with van der Waals surface area (Å²) >= 11 is 5.54. The number of esters is 1. The molecule has 8 nitrogen and oxygen atoms in total. The molecule has 0 bridgehead atoms. The Morgan fingerprint density at radius 2 is 1.62 bits per heavy atom. The van der Waals surface area contributed by atoms with Crippen molar-refractivity contribution >= 4 is 33.2 Å². The molecule has 5 rings (SSSR count). The van der Waals surface area contributed by atoms with Crippen molar-refractivity contribution < 1.29 is 38.0 Å². The summed E-state index contributed by atoms with van der Waals surface area (Å²) in [7, 11) is 1.44. The third-order valence-electron chi connectivity index (χ3n) is 9.95. The van der Waals surface area contributed by atoms with Crippen LogP contribution in [-0.4, -0.2) is 70.1 Å². The molecular weight excluding hydrogens is 696 g/mol. The van der Waals surface area contributed by atoms with Gasteiger partial charge in [0.1, 0.15) is 0 Å². The molecule has 1 aliphatic carbocycles. The van der Waals surface area contributed by atoms with E-state index >= 15 is 0 Å². The second-order valence-electron chi connectivity index (χ2n) is 13.6. The molecule has 0 radical (unpaired) electrons. The average Bonchev–Trinajstić information content (AvgIpc) is 3.61. The van der Waals surface area contributed by atoms with Crippen molar-refractivity contribution in [2.24, 2.45) is 11.8 Å². The molecule has 1 aromatic rings. The molecular formula is C38H57BrO8S. The maximum absolute atomic E-state index is 11.6. The third kappa shape index (κ3) is 12.3. The van der Waals surface area contributed by atoms with E-state index in [1.165, 1.54) is 21.3 Å². The van der Waals surface area contributed by atoms with E-state index in [9.17, 15) is 4.79 Å². The number of carbonyl (C=O) groups excluding carboxylic acids is 1. The lowest BCUT2D eigenvalue weighted by molar-refractivity contribution is -0.203. The van der Waals surface area contributed by atoms with Crippen LogP contribution in [0.15, 0.2) is 34.8 Å². The average molecular weight is 754 g/mol. The maximum Gasteiger partial charge on any atom is 0.305 e. The summed E-state index contributed by atoms with van der Waals surface area (Å²) in [5.74, 6) is 0.174. The number of methoxy groups -OCH3 is 1. The molecule has 10 heteroatoms. The van der Waals surface area contributed by atoms with Crippen molar-refractivity contribution in [2.75, 3.05) is 26.9 Å². The summed E-state index contributed by atoms with van der Waals surface area (Å²) in [5, 5.41) is 0. The lowest BCUT2D eigenvalue weighted by Crippen LogP contribution is -2.31. The van der Waals surface area contributed by atoms with E-state index in [-0.39, 0.29) is 55.0 Å². The minimum absolute atomic E-state index is 0.00329. The van der Waals surface area contributed by atoms with Crippen LogP contribution >= 0.6 is 27.3 Å². The molecule has 0 amide bonds. The molecule has 1 aromatic heterocycles. The highest BCUT2D eigenvalue weighted by molar-refractivity contribution is 9.10. The van der Waals surface area contributed by atoms with Gasteiger partial charge in [-0.15, -0.1) is 11.3 Å². The molecule has 3 unspecified atom stereocenters. The van der Waals surface area contributed by atoms with Crippen LogP contribution in [-0.2, 0) is 44.4 Å². The van der Waals surface area contributed by atoms with Gasteiger partial charge in [0.15, 0.2) is 18.9 Å². The zero-order chi connectivity index (χ0) is 33.6. The van der Waals surface area contributed by atoms with E-state index in [1.807, 2.05) is 11.3 Å². The van der Waals surface area contributed by atoms with Crippen LogP contribution in [0.5, 0.6) is 0 Å². The number of allylic oxidation sites excluding steroid dienone is 2. The molecule has 3 aliphatic heterocycles. The van der Waals surface area contributed by atoms with E-state index in [0.717, 1.165) is 116 Å². The number of halogens is 1. The number of unbranched alkanes of at least 4 members (excludes halogenated alkanes) is 1. The van der Waals surface area contributed by atoms with Crippen LogP contribution in [0.25, 0.3) is 0 Å². The minimum atomic E-state index is -0.179. The van der Waals surface area contributed by atoms with Crippen LogP contribution in [0.2, 0.25) is 0 Å². The van der Waals surface area contributed by atoms with Crippen molar-refractivity contribution in [1.82, 2.24) is 0 Å². The van der Waals surface area contributed by atoms with Crippen molar-refractivity contribution in [3.63, 3.8) is 0 Å². The molecule has 270 valence electrons. The Hall–Kier alpha value is -1.11. The Labute approximate surface area is 300 Å². The van der Waals surface area contributed by atoms with Crippen LogP contribution < -0.4 is 0 Å². The van der Waals surface area contributed by atoms with Crippen LogP contribution in [0.1, 0.15) is 106 Å². The monoisotopic (exact) mass is 752 g/mol. The van der Waals surface area contributed by atoms with Gasteiger partial charge in [-0.3, -0.25) is 4.79 Å². The lowest BCUT2D eigenvalue weighted by atomic mass is 9.89. The van der Waals surface area contributed by atoms with Gasteiger partial charge < -0.3 is 33.2 Å². The van der Waals surface area contributed by atoms with Gasteiger partial charge in [0, 0.05) is 52.8 Å². The van der Waals surface area contributed by atoms with E-state index < -0.39 is 0 Å². The van der Waals surface area contributed by atoms with Crippen LogP contribution in [0.4, 0.5) is 0 Å². The summed E-state index contributed by atoms with van der Waals surface area (Å²) in [6, 6.07) is 2.24. The largest absolute Gasteiger partial charge is 0.469 e. The molecule has 4 heterocycles. The summed E-state index contributed by atoms with van der Waals surface area (Å²) < 4.78 is 44.4. The number of hydrogen-bond acceptors (Lipinski definition) is 9. The Morgan fingerprint density at radius 1 is 0.958 bits per heavy atom. The molecule has 4 aliphatic rings. The van der Waals surface area contributed by atoms with Gasteiger partial charge in [-0.25, -0.2) is 0 Å². The quantitative estimate of drug-likeness (QED) is 0.0887. The summed E-state index contributed by atoms with van der Waals surface area (Å²) in [6.07, 6.45) is 23.5. The van der Waals surface area contributed by atoms with Gasteiger partial charge in [-0.2, -0.15) is 0 Å². The minimum Gasteiger partial charge on any atom is -0.469 e. The standard InChI is InChI=1S/C38H57BrO8S/c1-27-32(39)25-29(48-27)20-18-28(45-36-15-7-10-22-42-36)19-21-31-30(13-5-3-4-6-14-35(40)41-2)33(46-37-16-8-11-23-43-37)26-34(31)47-38-17-9-12-24-44-38/h3,5,19,21,25,28,30-31,33-34,36-38H,4,6-18,20,22-24,26H2,1-2H3/b5-3-,21-19+/t28-,30+,31+,33-,34+,36?,37?,38?/m0/s1. The smallest absolute Gasteiger partial charge is 0.305 e. The maximum atomic E-state index is 11.6. The highest BCUT2D eigenvalue weighted by atomic mass is 79.9. The van der Waals surface area contributed by atoms with Crippen molar-refractivity contribution in [3.8, 4) is 0 Å². The highest BCUT2D eigenvalue weighted by Crippen LogP contribution is 2.42. The predicted octanol–water partition coefficient (Wildman–Crippen LogP) is 8.97. The number of aryl methyl sites for hydroxylation is 2. The summed E-state index contributed by atoms with van der Waals surface area (Å²) in [6.45, 7) is 4.42. The Kier molecular flexibility index (Phi) is 16.4. The topological polar surface area (TPSA) is 81.7 Å². The molecule has 8 atom stereocenters. The molecule has 4 fully saturated rings. The van der Waals surface area contributed by atoms with Gasteiger partial charge in [0.2, 0.25) is 0 Å². The van der Waals surface area contributed by atoms with Gasteiger partial charge >= 0.3 is 5.97 Å². The second-order valence-corrected chi connectivity index (χ2v) is 15.8. The molecule has 1 saturated carbocycles. The molecule has 0 aromatic carbocycles. The molecule has 0 N–H and O–H groups in total. The Bertz CT molecular complexity index is 1120. The molecule has 48 heavy (non-hydrogen) atoms. The first kappa shape index (κ1) is 38.1. The van der Waals surface area contributed by atoms with E-state index in [0.29, 0.717) is 6.42 Å². The Morgan fingerprint density at radius 3 is 2.23 bits per heavy atom. The predicted molar refractivity (Wildman–Crippen MR) is 191 cm³/mol. The first-order chi connectivity index (χ1) is 23.5. The van der Waals surface area contributed by atoms with Crippen molar-refractivity contribution in [2.45, 2.75) is 147 Å². The third-order valence-corrected chi connectivity index (χ3v) is 12.1. The number of carbonyl (C=O) groups is 1. The molecule has 3 saturated heterocycles. The summed E-state index contributed by atoms with van der Waals surface area (Å²) in [4.78, 5) is 14.3. The second kappa shape index (κ2) is 20.7. The highest BCUT2D eigenvalue weighted by Gasteiger charge is 2.45. The zero-order valence-electron chi connectivity index (χ0n) is 29.0. The first-order valence-electron chi connectivity index (χ1n) is 18.4. The fourth-order valence-electron chi connectivity index (χ4n) is 7.23. The van der Waals surface area contributed by atoms with Gasteiger partial charge in [-0.05, 0) is 125 Å². The number of ether oxygens (including phenoxy) is 7. The fraction of sp³-hybridized carbons (Fsp3) is 0.763. The van der Waals surface area contributed by atoms with Gasteiger partial charge in [-0.1, -0.05) is 24.3 Å². The number of hydrogen-bond donors (Lipinski definition) is 0. The number of rotatable bonds is 17. The van der Waals surface area contributed by atoms with Gasteiger partial charge in [0.25, 0.3) is 0 Å². The van der Waals surface area contributed by atoms with E-state index in [4.69, 9.17) is 33.2 Å². The van der Waals surface area contributed by atoms with E-state index in [2.05, 4.69) is 53.2 Å². The molecule has 0 spiro atoms. The first-order valence-corrected chi connectivity index (χ1v) is 20.1. The number of thiophene rings is 1. The lowest BCUT2D eigenvalue weighted by Gasteiger charge is -2.30.